The van der Waals surface area contributed by atoms with E-state index >= 15 is 0 Å². The van der Waals surface area contributed by atoms with Crippen LogP contribution in [0.4, 0.5) is 16.0 Å². The van der Waals surface area contributed by atoms with Gasteiger partial charge in [0.2, 0.25) is 11.8 Å². The Balaban J connectivity index is 1.66. The van der Waals surface area contributed by atoms with Crippen molar-refractivity contribution in [2.45, 2.75) is 20.0 Å². The molecular formula is C22H20FN3O3. The summed E-state index contributed by atoms with van der Waals surface area (Å²) >= 11 is 0. The van der Waals surface area contributed by atoms with E-state index in [1.165, 1.54) is 17.8 Å². The Morgan fingerprint density at radius 1 is 1.17 bits per heavy atom. The number of carbonyl (C=O) groups is 1. The Labute approximate surface area is 167 Å². The zero-order chi connectivity index (χ0) is 20.2. The molecule has 0 aliphatic carbocycles. The van der Waals surface area contributed by atoms with E-state index in [4.69, 9.17) is 9.47 Å². The molecule has 0 N–H and O–H groups in total. The van der Waals surface area contributed by atoms with Crippen molar-refractivity contribution in [3.8, 4) is 5.88 Å². The van der Waals surface area contributed by atoms with E-state index < -0.39 is 5.97 Å². The topological polar surface area (TPSA) is 64.5 Å². The first-order chi connectivity index (χ1) is 14.2. The predicted molar refractivity (Wildman–Crippen MR) is 106 cm³/mol. The Morgan fingerprint density at radius 2 is 1.97 bits per heavy atom. The number of halogens is 1. The summed E-state index contributed by atoms with van der Waals surface area (Å²) in [4.78, 5) is 23.1. The number of para-hydroxylation sites is 1. The van der Waals surface area contributed by atoms with Crippen LogP contribution in [0.5, 0.6) is 5.88 Å². The zero-order valence-corrected chi connectivity index (χ0v) is 16.0. The van der Waals surface area contributed by atoms with Gasteiger partial charge >= 0.3 is 5.97 Å². The Morgan fingerprint density at radius 3 is 2.79 bits per heavy atom. The van der Waals surface area contributed by atoms with Crippen LogP contribution < -0.4 is 9.64 Å². The van der Waals surface area contributed by atoms with Crippen molar-refractivity contribution in [2.24, 2.45) is 0 Å². The maximum absolute atomic E-state index is 13.9. The van der Waals surface area contributed by atoms with Crippen LogP contribution in [0.3, 0.4) is 0 Å². The molecule has 1 aliphatic rings. The molecule has 0 saturated carbocycles. The number of fused-ring (bicyclic) bond motifs is 1. The summed E-state index contributed by atoms with van der Waals surface area (Å²) in [5, 5.41) is 0. The standard InChI is InChI=1S/C22H20FN3O3/c1-2-28-21(27)17-13-24-22(26-12-11-15-7-4-6-10-19(15)26)25-20(17)29-14-16-8-3-5-9-18(16)23/h3-10,13H,2,11-12,14H2,1H3. The maximum Gasteiger partial charge on any atom is 0.345 e. The van der Waals surface area contributed by atoms with Gasteiger partial charge in [-0.05, 0) is 31.0 Å². The van der Waals surface area contributed by atoms with Gasteiger partial charge in [-0.3, -0.25) is 0 Å². The molecular weight excluding hydrogens is 373 g/mol. The third-order valence-electron chi connectivity index (χ3n) is 4.69. The smallest absolute Gasteiger partial charge is 0.345 e. The summed E-state index contributed by atoms with van der Waals surface area (Å²) in [6.45, 7) is 2.60. The predicted octanol–water partition coefficient (Wildman–Crippen LogP) is 4.07. The minimum atomic E-state index is -0.579. The summed E-state index contributed by atoms with van der Waals surface area (Å²) in [5.41, 5.74) is 2.71. The third-order valence-corrected chi connectivity index (χ3v) is 4.69. The van der Waals surface area contributed by atoms with Gasteiger partial charge in [0, 0.05) is 17.8 Å². The molecule has 1 aromatic heterocycles. The van der Waals surface area contributed by atoms with Crippen LogP contribution in [0.2, 0.25) is 0 Å². The van der Waals surface area contributed by atoms with Gasteiger partial charge in [-0.1, -0.05) is 36.4 Å². The van der Waals surface area contributed by atoms with E-state index in [9.17, 15) is 9.18 Å². The lowest BCUT2D eigenvalue weighted by Crippen LogP contribution is -2.18. The fourth-order valence-electron chi connectivity index (χ4n) is 3.25. The lowest BCUT2D eigenvalue weighted by molar-refractivity contribution is 0.0519. The van der Waals surface area contributed by atoms with Crippen molar-refractivity contribution >= 4 is 17.6 Å². The number of benzene rings is 2. The van der Waals surface area contributed by atoms with E-state index in [0.717, 1.165) is 18.7 Å². The second kappa shape index (κ2) is 8.26. The molecule has 29 heavy (non-hydrogen) atoms. The number of hydrogen-bond acceptors (Lipinski definition) is 6. The summed E-state index contributed by atoms with van der Waals surface area (Å²) in [6, 6.07) is 14.3. The highest BCUT2D eigenvalue weighted by atomic mass is 19.1. The fourth-order valence-corrected chi connectivity index (χ4v) is 3.25. The molecule has 1 aliphatic heterocycles. The van der Waals surface area contributed by atoms with Crippen molar-refractivity contribution in [1.82, 2.24) is 9.97 Å². The van der Waals surface area contributed by atoms with Crippen molar-refractivity contribution in [2.75, 3.05) is 18.1 Å². The average molecular weight is 393 g/mol. The van der Waals surface area contributed by atoms with E-state index in [2.05, 4.69) is 16.0 Å². The molecule has 148 valence electrons. The van der Waals surface area contributed by atoms with Gasteiger partial charge in [-0.2, -0.15) is 4.98 Å². The molecule has 0 saturated heterocycles. The van der Waals surface area contributed by atoms with Crippen molar-refractivity contribution in [3.05, 3.63) is 77.2 Å². The van der Waals surface area contributed by atoms with Crippen LogP contribution in [-0.2, 0) is 17.8 Å². The second-order valence-electron chi connectivity index (χ2n) is 6.52. The Bertz CT molecular complexity index is 1040. The number of esters is 1. The summed E-state index contributed by atoms with van der Waals surface area (Å²) in [6.07, 6.45) is 2.28. The van der Waals surface area contributed by atoms with Gasteiger partial charge in [0.05, 0.1) is 12.8 Å². The SMILES string of the molecule is CCOC(=O)c1cnc(N2CCc3ccccc32)nc1OCc1ccccc1F. The van der Waals surface area contributed by atoms with Crippen LogP contribution in [0, 0.1) is 5.82 Å². The number of aromatic nitrogens is 2. The lowest BCUT2D eigenvalue weighted by Gasteiger charge is -2.19. The highest BCUT2D eigenvalue weighted by Crippen LogP contribution is 2.33. The van der Waals surface area contributed by atoms with E-state index in [-0.39, 0.29) is 30.5 Å². The van der Waals surface area contributed by atoms with Gasteiger partial charge in [-0.15, -0.1) is 0 Å². The van der Waals surface area contributed by atoms with Gasteiger partial charge in [0.15, 0.2) is 0 Å². The molecule has 6 nitrogen and oxygen atoms in total. The van der Waals surface area contributed by atoms with Crippen LogP contribution in [0.15, 0.2) is 54.7 Å². The molecule has 0 fully saturated rings. The van der Waals surface area contributed by atoms with Crippen LogP contribution in [0.1, 0.15) is 28.4 Å². The second-order valence-corrected chi connectivity index (χ2v) is 6.52. The molecule has 0 unspecified atom stereocenters. The van der Waals surface area contributed by atoms with Crippen molar-refractivity contribution < 1.29 is 18.7 Å². The maximum atomic E-state index is 13.9. The average Bonchev–Trinajstić information content (AvgIpc) is 3.17. The summed E-state index contributed by atoms with van der Waals surface area (Å²) < 4.78 is 24.8. The number of anilines is 2. The first kappa shape index (κ1) is 18.9. The monoisotopic (exact) mass is 393 g/mol. The first-order valence-corrected chi connectivity index (χ1v) is 9.43. The Kier molecular flexibility index (Phi) is 5.37. The number of hydrogen-bond donors (Lipinski definition) is 0. The number of rotatable bonds is 6. The van der Waals surface area contributed by atoms with Gasteiger partial charge in [-0.25, -0.2) is 14.2 Å². The molecule has 2 aromatic carbocycles. The third kappa shape index (κ3) is 3.89. The first-order valence-electron chi connectivity index (χ1n) is 9.43. The van der Waals surface area contributed by atoms with Crippen molar-refractivity contribution in [3.63, 3.8) is 0 Å². The molecule has 0 amide bonds. The zero-order valence-electron chi connectivity index (χ0n) is 16.0. The molecule has 0 atom stereocenters. The van der Waals surface area contributed by atoms with E-state index in [1.807, 2.05) is 23.1 Å². The highest BCUT2D eigenvalue weighted by molar-refractivity contribution is 5.91. The molecule has 4 rings (SSSR count). The molecule has 7 heteroatoms. The van der Waals surface area contributed by atoms with Crippen molar-refractivity contribution in [1.29, 1.82) is 0 Å². The van der Waals surface area contributed by atoms with Crippen LogP contribution >= 0.6 is 0 Å². The Hall–Kier alpha value is -3.48. The largest absolute Gasteiger partial charge is 0.472 e. The molecule has 0 spiro atoms. The molecule has 0 radical (unpaired) electrons. The van der Waals surface area contributed by atoms with E-state index in [1.54, 1.807) is 25.1 Å². The van der Waals surface area contributed by atoms with Crippen LogP contribution in [0.25, 0.3) is 0 Å². The minimum Gasteiger partial charge on any atom is -0.472 e. The highest BCUT2D eigenvalue weighted by Gasteiger charge is 2.25. The molecule has 2 heterocycles. The van der Waals surface area contributed by atoms with Crippen LogP contribution in [-0.4, -0.2) is 29.1 Å². The van der Waals surface area contributed by atoms with Gasteiger partial charge in [0.1, 0.15) is 18.0 Å². The molecule has 3 aromatic rings. The minimum absolute atomic E-state index is 0.0634. The quantitative estimate of drug-likeness (QED) is 0.589. The normalized spacial score (nSPS) is 12.6. The number of nitrogens with zero attached hydrogens (tertiary/aromatic N) is 3. The summed E-state index contributed by atoms with van der Waals surface area (Å²) in [5.74, 6) is -0.468. The lowest BCUT2D eigenvalue weighted by atomic mass is 10.2. The fraction of sp³-hybridized carbons (Fsp3) is 0.227. The number of carbonyl (C=O) groups excluding carboxylic acids is 1. The number of ether oxygens (including phenoxy) is 2. The molecule has 0 bridgehead atoms. The van der Waals surface area contributed by atoms with Gasteiger partial charge in [0.25, 0.3) is 0 Å². The summed E-state index contributed by atoms with van der Waals surface area (Å²) in [7, 11) is 0. The van der Waals surface area contributed by atoms with Gasteiger partial charge < -0.3 is 14.4 Å². The van der Waals surface area contributed by atoms with E-state index in [0.29, 0.717) is 11.5 Å².